The van der Waals surface area contributed by atoms with Crippen molar-refractivity contribution in [2.75, 3.05) is 5.32 Å². The molecule has 0 amide bonds. The van der Waals surface area contributed by atoms with E-state index in [9.17, 15) is 20.1 Å². The van der Waals surface area contributed by atoms with Crippen LogP contribution in [-0.4, -0.2) is 31.4 Å². The lowest BCUT2D eigenvalue weighted by molar-refractivity contribution is -0.142. The number of para-hydroxylation sites is 1. The molecule has 0 aliphatic heterocycles. The zero-order valence-corrected chi connectivity index (χ0v) is 12.3. The Hall–Kier alpha value is -3.16. The van der Waals surface area contributed by atoms with Crippen LogP contribution in [0.4, 0.5) is 5.69 Å². The zero-order chi connectivity index (χ0) is 17.3. The minimum absolute atomic E-state index is 0.114. The molecule has 0 saturated carbocycles. The maximum atomic E-state index is 11.1. The smallest absolute Gasteiger partial charge is 0.339 e. The first kappa shape index (κ1) is 15.7. The molecular formula is C17H14N2O5. The number of aromatic nitrogens is 1. The van der Waals surface area contributed by atoms with Crippen LogP contribution >= 0.6 is 0 Å². The molecule has 0 spiro atoms. The van der Waals surface area contributed by atoms with E-state index in [1.54, 1.807) is 24.3 Å². The monoisotopic (exact) mass is 326 g/mol. The number of benzene rings is 2. The lowest BCUT2D eigenvalue weighted by atomic mass is 10.1. The van der Waals surface area contributed by atoms with Gasteiger partial charge in [-0.05, 0) is 30.3 Å². The Bertz CT molecular complexity index is 919. The predicted molar refractivity (Wildman–Crippen MR) is 86.5 cm³/mol. The van der Waals surface area contributed by atoms with Crippen molar-refractivity contribution in [2.45, 2.75) is 5.91 Å². The van der Waals surface area contributed by atoms with Crippen LogP contribution in [0.1, 0.15) is 15.9 Å². The van der Waals surface area contributed by atoms with Crippen LogP contribution in [0.25, 0.3) is 10.9 Å². The highest BCUT2D eigenvalue weighted by Gasteiger charge is 2.29. The van der Waals surface area contributed by atoms with E-state index in [4.69, 9.17) is 5.11 Å². The topological polar surface area (TPSA) is 123 Å². The maximum Gasteiger partial charge on any atom is 0.339 e. The van der Waals surface area contributed by atoms with Gasteiger partial charge in [0.05, 0.1) is 11.1 Å². The Balaban J connectivity index is 2.02. The van der Waals surface area contributed by atoms with Crippen LogP contribution in [0, 0.1) is 0 Å². The van der Waals surface area contributed by atoms with E-state index >= 15 is 0 Å². The minimum Gasteiger partial charge on any atom is -0.507 e. The molecule has 5 N–H and O–H groups in total. The van der Waals surface area contributed by atoms with Crippen LogP contribution in [-0.2, 0) is 5.91 Å². The molecule has 2 aromatic carbocycles. The van der Waals surface area contributed by atoms with Crippen molar-refractivity contribution in [1.29, 1.82) is 0 Å². The van der Waals surface area contributed by atoms with Gasteiger partial charge in [-0.25, -0.2) is 4.79 Å². The average molecular weight is 326 g/mol. The van der Waals surface area contributed by atoms with Crippen molar-refractivity contribution in [2.24, 2.45) is 0 Å². The summed E-state index contributed by atoms with van der Waals surface area (Å²) in [6.07, 6.45) is 1.53. The number of aliphatic hydroxyl groups is 2. The highest BCUT2D eigenvalue weighted by Crippen LogP contribution is 2.29. The molecule has 0 atom stereocenters. The lowest BCUT2D eigenvalue weighted by Crippen LogP contribution is -2.35. The van der Waals surface area contributed by atoms with Gasteiger partial charge < -0.3 is 25.7 Å². The van der Waals surface area contributed by atoms with E-state index in [0.717, 1.165) is 17.5 Å². The number of anilines is 1. The Morgan fingerprint density at radius 2 is 1.83 bits per heavy atom. The number of aromatic hydroxyl groups is 1. The number of nitrogens with zero attached hydrogens (tertiary/aromatic N) is 1. The maximum absolute atomic E-state index is 11.1. The quantitative estimate of drug-likeness (QED) is 0.366. The van der Waals surface area contributed by atoms with Gasteiger partial charge in [-0.3, -0.25) is 4.98 Å². The molecule has 0 aliphatic rings. The molecule has 3 rings (SSSR count). The summed E-state index contributed by atoms with van der Waals surface area (Å²) in [6, 6.07) is 12.1. The Morgan fingerprint density at radius 1 is 1.08 bits per heavy atom. The number of rotatable bonds is 4. The second-order valence-corrected chi connectivity index (χ2v) is 5.21. The number of phenols is 1. The summed E-state index contributed by atoms with van der Waals surface area (Å²) in [5, 5.41) is 42.6. The number of hydrogen-bond donors (Lipinski definition) is 5. The van der Waals surface area contributed by atoms with Gasteiger partial charge in [0, 0.05) is 17.3 Å². The number of pyridine rings is 1. The molecule has 1 aromatic heterocycles. The fraction of sp³-hybridized carbons (Fsp3) is 0.0588. The highest BCUT2D eigenvalue weighted by atomic mass is 16.5. The Kier molecular flexibility index (Phi) is 3.80. The summed E-state index contributed by atoms with van der Waals surface area (Å²) in [4.78, 5) is 15.2. The van der Waals surface area contributed by atoms with Crippen molar-refractivity contribution in [3.63, 3.8) is 0 Å². The highest BCUT2D eigenvalue weighted by molar-refractivity contribution is 5.92. The molecular weight excluding hydrogens is 312 g/mol. The summed E-state index contributed by atoms with van der Waals surface area (Å²) >= 11 is 0. The molecule has 0 bridgehead atoms. The molecule has 0 fully saturated rings. The van der Waals surface area contributed by atoms with Gasteiger partial charge in [0.1, 0.15) is 11.3 Å². The van der Waals surface area contributed by atoms with Crippen LogP contribution in [0.2, 0.25) is 0 Å². The second-order valence-electron chi connectivity index (χ2n) is 5.21. The molecule has 7 heteroatoms. The van der Waals surface area contributed by atoms with Crippen molar-refractivity contribution in [3.05, 3.63) is 65.9 Å². The normalized spacial score (nSPS) is 11.4. The third kappa shape index (κ3) is 2.85. The van der Waals surface area contributed by atoms with Crippen molar-refractivity contribution >= 4 is 22.6 Å². The van der Waals surface area contributed by atoms with Gasteiger partial charge in [-0.1, -0.05) is 18.2 Å². The van der Waals surface area contributed by atoms with E-state index in [1.807, 2.05) is 0 Å². The molecule has 3 aromatic rings. The fourth-order valence-electron chi connectivity index (χ4n) is 2.44. The first-order chi connectivity index (χ1) is 11.4. The lowest BCUT2D eigenvalue weighted by Gasteiger charge is -2.25. The minimum atomic E-state index is -2.49. The van der Waals surface area contributed by atoms with E-state index in [-0.39, 0.29) is 16.8 Å². The van der Waals surface area contributed by atoms with Crippen molar-refractivity contribution in [1.82, 2.24) is 4.98 Å². The summed E-state index contributed by atoms with van der Waals surface area (Å²) in [7, 11) is 0. The first-order valence-electron chi connectivity index (χ1n) is 7.02. The van der Waals surface area contributed by atoms with E-state index < -0.39 is 17.6 Å². The Labute approximate surface area is 136 Å². The van der Waals surface area contributed by atoms with Gasteiger partial charge in [0.2, 0.25) is 0 Å². The molecule has 0 unspecified atom stereocenters. The van der Waals surface area contributed by atoms with Crippen LogP contribution < -0.4 is 5.32 Å². The van der Waals surface area contributed by atoms with Crippen LogP contribution in [0.3, 0.4) is 0 Å². The third-order valence-electron chi connectivity index (χ3n) is 3.55. The summed E-state index contributed by atoms with van der Waals surface area (Å²) in [5.74, 6) is -4.23. The number of fused-ring (bicyclic) bond motifs is 1. The summed E-state index contributed by atoms with van der Waals surface area (Å²) in [5.41, 5.74) is 0.273. The largest absolute Gasteiger partial charge is 0.507 e. The van der Waals surface area contributed by atoms with Gasteiger partial charge in [0.15, 0.2) is 0 Å². The van der Waals surface area contributed by atoms with Gasteiger partial charge in [-0.15, -0.1) is 0 Å². The number of hydrogen-bond acceptors (Lipinski definition) is 6. The number of carbonyl (C=O) groups is 1. The zero-order valence-electron chi connectivity index (χ0n) is 12.3. The predicted octanol–water partition coefficient (Wildman–Crippen LogP) is 1.85. The van der Waals surface area contributed by atoms with E-state index in [1.165, 1.54) is 18.3 Å². The Morgan fingerprint density at radius 3 is 2.58 bits per heavy atom. The summed E-state index contributed by atoms with van der Waals surface area (Å²) < 4.78 is 0. The van der Waals surface area contributed by atoms with Crippen molar-refractivity contribution in [3.8, 4) is 5.75 Å². The standard InChI is InChI=1S/C17H14N2O5/c20-14-7-6-11(9-12(14)16(21)22)19-17(23,24)13-5-1-3-10-4-2-8-18-15(10)13/h1-9,19-20,23-24H,(H,21,22). The molecule has 1 heterocycles. The molecule has 24 heavy (non-hydrogen) atoms. The fourth-order valence-corrected chi connectivity index (χ4v) is 2.44. The number of aromatic carboxylic acids is 1. The molecule has 7 nitrogen and oxygen atoms in total. The van der Waals surface area contributed by atoms with Crippen LogP contribution in [0.5, 0.6) is 5.75 Å². The third-order valence-corrected chi connectivity index (χ3v) is 3.55. The SMILES string of the molecule is O=C(O)c1cc(NC(O)(O)c2cccc3cccnc23)ccc1O. The average Bonchev–Trinajstić information content (AvgIpc) is 2.55. The number of carboxylic acid groups (broad SMARTS) is 1. The first-order valence-corrected chi connectivity index (χ1v) is 7.02. The molecule has 0 aliphatic carbocycles. The van der Waals surface area contributed by atoms with Gasteiger partial charge in [-0.2, -0.15) is 0 Å². The van der Waals surface area contributed by atoms with Gasteiger partial charge >= 0.3 is 5.97 Å². The summed E-state index contributed by atoms with van der Waals surface area (Å²) in [6.45, 7) is 0. The molecule has 0 saturated heterocycles. The second kappa shape index (κ2) is 5.80. The van der Waals surface area contributed by atoms with Crippen molar-refractivity contribution < 1.29 is 25.2 Å². The molecule has 0 radical (unpaired) electrons. The number of nitrogens with one attached hydrogen (secondary N) is 1. The molecule has 122 valence electrons. The van der Waals surface area contributed by atoms with E-state index in [0.29, 0.717) is 5.52 Å². The van der Waals surface area contributed by atoms with Gasteiger partial charge in [0.25, 0.3) is 5.91 Å². The van der Waals surface area contributed by atoms with Crippen LogP contribution in [0.15, 0.2) is 54.7 Å². The number of carboxylic acids is 1. The van der Waals surface area contributed by atoms with E-state index in [2.05, 4.69) is 10.3 Å².